The van der Waals surface area contributed by atoms with Gasteiger partial charge < -0.3 is 4.74 Å². The maximum atomic E-state index is 11.7. The average molecular weight is 225 g/mol. The van der Waals surface area contributed by atoms with Crippen LogP contribution in [0.1, 0.15) is 47.0 Å². The fraction of sp³-hybridized carbons (Fsp3) is 0.750. The van der Waals surface area contributed by atoms with Crippen LogP contribution in [0.4, 0.5) is 0 Å². The van der Waals surface area contributed by atoms with Crippen molar-refractivity contribution in [2.45, 2.75) is 53.1 Å². The van der Waals surface area contributed by atoms with E-state index >= 15 is 0 Å². The number of esters is 1. The second-order valence-corrected chi connectivity index (χ2v) is 4.29. The summed E-state index contributed by atoms with van der Waals surface area (Å²) in [5.74, 6) is -0.493. The van der Waals surface area contributed by atoms with Crippen LogP contribution in [0.25, 0.3) is 0 Å². The highest BCUT2D eigenvalue weighted by Gasteiger charge is 2.35. The van der Waals surface area contributed by atoms with E-state index in [1.165, 1.54) is 6.92 Å². The van der Waals surface area contributed by atoms with Gasteiger partial charge in [0, 0.05) is 12.8 Å². The molecule has 4 nitrogen and oxygen atoms in total. The van der Waals surface area contributed by atoms with E-state index in [-0.39, 0.29) is 24.7 Å². The summed E-state index contributed by atoms with van der Waals surface area (Å²) in [6.45, 7) is 6.74. The molecule has 0 radical (unpaired) electrons. The lowest BCUT2D eigenvalue weighted by Crippen LogP contribution is -2.31. The van der Waals surface area contributed by atoms with Crippen LogP contribution in [0, 0.1) is 16.7 Å². The normalized spacial score (nSPS) is 14.0. The highest BCUT2D eigenvalue weighted by Crippen LogP contribution is 2.25. The third-order valence-corrected chi connectivity index (χ3v) is 2.34. The zero-order valence-electron chi connectivity index (χ0n) is 10.4. The van der Waals surface area contributed by atoms with E-state index in [4.69, 9.17) is 10.00 Å². The molecule has 0 amide bonds. The Balaban J connectivity index is 4.48. The Morgan fingerprint density at radius 1 is 1.44 bits per heavy atom. The van der Waals surface area contributed by atoms with Gasteiger partial charge in [-0.25, -0.2) is 0 Å². The minimum absolute atomic E-state index is 0.0545. The van der Waals surface area contributed by atoms with Gasteiger partial charge in [-0.05, 0) is 27.2 Å². The first-order valence-corrected chi connectivity index (χ1v) is 5.49. The van der Waals surface area contributed by atoms with Crippen molar-refractivity contribution < 1.29 is 14.3 Å². The molecule has 0 saturated carbocycles. The van der Waals surface area contributed by atoms with Crippen molar-refractivity contribution in [3.63, 3.8) is 0 Å². The van der Waals surface area contributed by atoms with Gasteiger partial charge in [0.15, 0.2) is 5.41 Å². The van der Waals surface area contributed by atoms with Gasteiger partial charge in [0.2, 0.25) is 0 Å². The molecule has 0 rings (SSSR count). The third kappa shape index (κ3) is 4.43. The number of nitrogens with zero attached hydrogens (tertiary/aromatic N) is 1. The van der Waals surface area contributed by atoms with Gasteiger partial charge in [-0.1, -0.05) is 6.92 Å². The molecule has 4 heteroatoms. The fourth-order valence-corrected chi connectivity index (χ4v) is 1.11. The van der Waals surface area contributed by atoms with Crippen LogP contribution >= 0.6 is 0 Å². The van der Waals surface area contributed by atoms with Gasteiger partial charge in [0.05, 0.1) is 12.2 Å². The maximum absolute atomic E-state index is 11.7. The summed E-state index contributed by atoms with van der Waals surface area (Å²) in [6.07, 6.45) is 0.651. The molecule has 0 saturated heterocycles. The van der Waals surface area contributed by atoms with E-state index in [9.17, 15) is 9.59 Å². The van der Waals surface area contributed by atoms with Gasteiger partial charge in [-0.15, -0.1) is 0 Å². The second kappa shape index (κ2) is 6.26. The van der Waals surface area contributed by atoms with E-state index < -0.39 is 11.4 Å². The average Bonchev–Trinajstić information content (AvgIpc) is 2.24. The fourth-order valence-electron chi connectivity index (χ4n) is 1.11. The Morgan fingerprint density at radius 3 is 2.38 bits per heavy atom. The summed E-state index contributed by atoms with van der Waals surface area (Å²) in [7, 11) is 0. The number of ether oxygens (including phenoxy) is 1. The van der Waals surface area contributed by atoms with E-state index in [2.05, 4.69) is 0 Å². The highest BCUT2D eigenvalue weighted by molar-refractivity contribution is 5.82. The molecule has 0 bridgehead atoms. The summed E-state index contributed by atoms with van der Waals surface area (Å²) in [6, 6.07) is 1.94. The molecule has 90 valence electrons. The molecule has 1 atom stereocenters. The lowest BCUT2D eigenvalue weighted by atomic mass is 9.86. The minimum atomic E-state index is -1.21. The molecule has 0 N–H and O–H groups in total. The van der Waals surface area contributed by atoms with Crippen LogP contribution in [0.2, 0.25) is 0 Å². The minimum Gasteiger partial charge on any atom is -0.462 e. The smallest absolute Gasteiger partial charge is 0.326 e. The summed E-state index contributed by atoms with van der Waals surface area (Å²) >= 11 is 0. The Labute approximate surface area is 96.6 Å². The van der Waals surface area contributed by atoms with Crippen molar-refractivity contribution in [3.05, 3.63) is 0 Å². The SMILES string of the molecule is CCC(=O)CCC(C)(C#N)C(=O)OC(C)C. The topological polar surface area (TPSA) is 67.2 Å². The van der Waals surface area contributed by atoms with Crippen LogP contribution < -0.4 is 0 Å². The summed E-state index contributed by atoms with van der Waals surface area (Å²) in [5.41, 5.74) is -1.21. The van der Waals surface area contributed by atoms with Gasteiger partial charge >= 0.3 is 5.97 Å². The number of hydrogen-bond donors (Lipinski definition) is 0. The van der Waals surface area contributed by atoms with E-state index in [0.717, 1.165) is 0 Å². The van der Waals surface area contributed by atoms with Gasteiger partial charge in [-0.3, -0.25) is 9.59 Å². The molecule has 0 heterocycles. The van der Waals surface area contributed by atoms with Crippen LogP contribution in [0.3, 0.4) is 0 Å². The Morgan fingerprint density at radius 2 is 2.00 bits per heavy atom. The van der Waals surface area contributed by atoms with Crippen molar-refractivity contribution in [1.29, 1.82) is 5.26 Å². The number of carbonyl (C=O) groups is 2. The molecule has 0 aliphatic rings. The highest BCUT2D eigenvalue weighted by atomic mass is 16.5. The molecule has 0 fully saturated rings. The molecule has 0 aromatic rings. The third-order valence-electron chi connectivity index (χ3n) is 2.34. The molecule has 0 aliphatic carbocycles. The molecular weight excluding hydrogens is 206 g/mol. The van der Waals surface area contributed by atoms with Crippen LogP contribution in [-0.2, 0) is 14.3 Å². The lowest BCUT2D eigenvalue weighted by Gasteiger charge is -2.20. The van der Waals surface area contributed by atoms with Crippen LogP contribution in [-0.4, -0.2) is 17.9 Å². The predicted molar refractivity (Wildman–Crippen MR) is 59.5 cm³/mol. The zero-order chi connectivity index (χ0) is 12.8. The van der Waals surface area contributed by atoms with Crippen molar-refractivity contribution in [1.82, 2.24) is 0 Å². The molecule has 0 aliphatic heterocycles. The molecule has 16 heavy (non-hydrogen) atoms. The Kier molecular flexibility index (Phi) is 5.73. The van der Waals surface area contributed by atoms with Gasteiger partial charge in [0.1, 0.15) is 5.78 Å². The van der Waals surface area contributed by atoms with Gasteiger partial charge in [0.25, 0.3) is 0 Å². The molecular formula is C12H19NO3. The predicted octanol–water partition coefficient (Wildman–Crippen LogP) is 2.23. The number of rotatable bonds is 6. The van der Waals surface area contributed by atoms with Crippen LogP contribution in [0.5, 0.6) is 0 Å². The summed E-state index contributed by atoms with van der Waals surface area (Å²) in [5, 5.41) is 8.99. The quantitative estimate of drug-likeness (QED) is 0.650. The molecule has 0 spiro atoms. The monoisotopic (exact) mass is 225 g/mol. The Bertz CT molecular complexity index is 304. The zero-order valence-corrected chi connectivity index (χ0v) is 10.4. The molecule has 0 aromatic carbocycles. The number of ketones is 1. The van der Waals surface area contributed by atoms with Crippen molar-refractivity contribution in [2.75, 3.05) is 0 Å². The standard InChI is InChI=1S/C12H19NO3/c1-5-10(14)6-7-12(4,8-13)11(15)16-9(2)3/h9H,5-7H2,1-4H3. The first-order valence-electron chi connectivity index (χ1n) is 5.49. The largest absolute Gasteiger partial charge is 0.462 e. The first-order chi connectivity index (χ1) is 7.35. The lowest BCUT2D eigenvalue weighted by molar-refractivity contribution is -0.156. The van der Waals surface area contributed by atoms with Gasteiger partial charge in [-0.2, -0.15) is 5.26 Å². The number of carbonyl (C=O) groups excluding carboxylic acids is 2. The van der Waals surface area contributed by atoms with Crippen molar-refractivity contribution in [2.24, 2.45) is 5.41 Å². The van der Waals surface area contributed by atoms with Crippen LogP contribution in [0.15, 0.2) is 0 Å². The van der Waals surface area contributed by atoms with E-state index in [1.54, 1.807) is 20.8 Å². The van der Waals surface area contributed by atoms with Crippen molar-refractivity contribution >= 4 is 11.8 Å². The molecule has 0 aromatic heterocycles. The second-order valence-electron chi connectivity index (χ2n) is 4.29. The van der Waals surface area contributed by atoms with E-state index in [1.807, 2.05) is 6.07 Å². The van der Waals surface area contributed by atoms with E-state index in [0.29, 0.717) is 6.42 Å². The molecule has 1 unspecified atom stereocenters. The van der Waals surface area contributed by atoms with Crippen molar-refractivity contribution in [3.8, 4) is 6.07 Å². The number of hydrogen-bond acceptors (Lipinski definition) is 4. The maximum Gasteiger partial charge on any atom is 0.326 e. The first kappa shape index (κ1) is 14.6. The summed E-state index contributed by atoms with van der Waals surface area (Å²) < 4.78 is 5.00. The number of nitriles is 1. The number of Topliss-reactive ketones (excluding diaryl/α,β-unsaturated/α-hetero) is 1. The Hall–Kier alpha value is -1.37. The summed E-state index contributed by atoms with van der Waals surface area (Å²) in [4.78, 5) is 22.8.